The summed E-state index contributed by atoms with van der Waals surface area (Å²) in [5, 5.41) is 19.2. The molecule has 3 aliphatic heterocycles. The van der Waals surface area contributed by atoms with Gasteiger partial charge in [-0.3, -0.25) is 14.3 Å². The van der Waals surface area contributed by atoms with Gasteiger partial charge in [0.25, 0.3) is 5.91 Å². The highest BCUT2D eigenvalue weighted by Gasteiger charge is 2.66. The van der Waals surface area contributed by atoms with Gasteiger partial charge in [-0.1, -0.05) is 48.5 Å². The van der Waals surface area contributed by atoms with Crippen LogP contribution in [0.1, 0.15) is 55.5 Å². The fourth-order valence-electron chi connectivity index (χ4n) is 7.51. The molecular weight excluding hydrogens is 574 g/mol. The zero-order valence-electron chi connectivity index (χ0n) is 25.6. The number of anilines is 2. The molecule has 0 radical (unpaired) electrons. The highest BCUT2D eigenvalue weighted by atomic mass is 28.4. The minimum Gasteiger partial charge on any atom is -0.432 e. The van der Waals surface area contributed by atoms with Crippen LogP contribution in [0.25, 0.3) is 0 Å². The van der Waals surface area contributed by atoms with Gasteiger partial charge in [-0.2, -0.15) is 0 Å². The van der Waals surface area contributed by atoms with Gasteiger partial charge in [0, 0.05) is 48.8 Å². The van der Waals surface area contributed by atoms with Crippen molar-refractivity contribution in [3.05, 3.63) is 84.2 Å². The molecule has 5 atom stereocenters. The maximum atomic E-state index is 14.4. The third-order valence-electron chi connectivity index (χ3n) is 9.51. The van der Waals surface area contributed by atoms with E-state index in [-0.39, 0.29) is 23.3 Å². The third-order valence-corrected chi connectivity index (χ3v) is 12.0. The molecule has 0 saturated carbocycles. The number of hydrogen-bond acceptors (Lipinski definition) is 7. The first-order valence-corrected chi connectivity index (χ1v) is 18.5. The minimum absolute atomic E-state index is 0.0853. The lowest BCUT2D eigenvalue weighted by atomic mass is 9.82. The second kappa shape index (κ2) is 11.7. The number of ether oxygens (including phenoxy) is 1. The highest BCUT2D eigenvalue weighted by Crippen LogP contribution is 2.60. The quantitative estimate of drug-likeness (QED) is 0.272. The van der Waals surface area contributed by atoms with Crippen molar-refractivity contribution in [2.45, 2.75) is 75.6 Å². The lowest BCUT2D eigenvalue weighted by molar-refractivity contribution is -0.145. The molecule has 232 valence electrons. The number of carbonyl (C=O) groups is 2. The van der Waals surface area contributed by atoms with Crippen LogP contribution in [0.15, 0.2) is 67.4 Å². The second-order valence-corrected chi connectivity index (χ2v) is 16.8. The molecule has 4 heterocycles. The normalized spacial score (nSPS) is 26.0. The van der Waals surface area contributed by atoms with Gasteiger partial charge in [0.1, 0.15) is 11.8 Å². The van der Waals surface area contributed by atoms with Crippen LogP contribution in [0, 0.1) is 5.92 Å². The summed E-state index contributed by atoms with van der Waals surface area (Å²) in [7, 11) is -2.85. The van der Waals surface area contributed by atoms with Gasteiger partial charge in [0.2, 0.25) is 5.91 Å². The number of aryl methyl sites for hydroxylation is 1. The van der Waals surface area contributed by atoms with Gasteiger partial charge < -0.3 is 24.4 Å². The zero-order chi connectivity index (χ0) is 31.2. The van der Waals surface area contributed by atoms with E-state index in [0.717, 1.165) is 35.3 Å². The fourth-order valence-corrected chi connectivity index (χ4v) is 10.1. The van der Waals surface area contributed by atoms with Crippen LogP contribution >= 0.6 is 0 Å². The predicted octanol–water partition coefficient (Wildman–Crippen LogP) is 4.30. The smallest absolute Gasteiger partial charge is 0.264 e. The van der Waals surface area contributed by atoms with Crippen molar-refractivity contribution in [3.8, 4) is 0 Å². The summed E-state index contributed by atoms with van der Waals surface area (Å²) in [4.78, 5) is 42.3. The van der Waals surface area contributed by atoms with Crippen molar-refractivity contribution >= 4 is 31.5 Å². The van der Waals surface area contributed by atoms with Crippen LogP contribution < -0.4 is 9.80 Å². The van der Waals surface area contributed by atoms with Gasteiger partial charge >= 0.3 is 0 Å². The number of benzene rings is 2. The molecule has 1 aromatic heterocycles. The van der Waals surface area contributed by atoms with E-state index >= 15 is 0 Å². The van der Waals surface area contributed by atoms with Gasteiger partial charge in [0.05, 0.1) is 18.0 Å². The standard InChI is InChI=1S/C33H41N5O5Si/c1-5-17-38-27-15-14-24(37-18-10-9-13-29(37)39)20-25(27)33(32(38)41)22(2)31(44(3,4)42)28(43-33)16-19-36-21-26(34-35-36)30(40)23-11-7-6-8-12-23/h5-8,11-12,14-15,20-22,28,30-31,40,42H,1,9-10,13,16-19H2,2-4H3/t22-,28+,30+,31-,33+/m0/s1. The van der Waals surface area contributed by atoms with Crippen molar-refractivity contribution < 1.29 is 24.2 Å². The Kier molecular flexibility index (Phi) is 8.08. The molecule has 44 heavy (non-hydrogen) atoms. The topological polar surface area (TPSA) is 121 Å². The molecule has 3 aliphatic rings. The predicted molar refractivity (Wildman–Crippen MR) is 170 cm³/mol. The Balaban J connectivity index is 1.32. The van der Waals surface area contributed by atoms with Crippen LogP contribution in [0.4, 0.5) is 11.4 Å². The molecule has 2 saturated heterocycles. The molecule has 0 aliphatic carbocycles. The maximum absolute atomic E-state index is 14.4. The van der Waals surface area contributed by atoms with Gasteiger partial charge in [0.15, 0.2) is 13.9 Å². The van der Waals surface area contributed by atoms with Crippen molar-refractivity contribution in [2.24, 2.45) is 5.92 Å². The number of aliphatic hydroxyl groups excluding tert-OH is 1. The van der Waals surface area contributed by atoms with Crippen molar-refractivity contribution in [2.75, 3.05) is 22.9 Å². The summed E-state index contributed by atoms with van der Waals surface area (Å²) in [6.45, 7) is 11.1. The Morgan fingerprint density at radius 2 is 1.95 bits per heavy atom. The average Bonchev–Trinajstić information content (AvgIpc) is 3.67. The minimum atomic E-state index is -2.85. The summed E-state index contributed by atoms with van der Waals surface area (Å²) >= 11 is 0. The first-order valence-electron chi connectivity index (χ1n) is 15.5. The Bertz CT molecular complexity index is 1560. The van der Waals surface area contributed by atoms with Gasteiger partial charge in [-0.05, 0) is 56.1 Å². The Hall–Kier alpha value is -3.64. The summed E-state index contributed by atoms with van der Waals surface area (Å²) in [6.07, 6.45) is 4.93. The average molecular weight is 616 g/mol. The Labute approximate surface area is 259 Å². The summed E-state index contributed by atoms with van der Waals surface area (Å²) in [6, 6.07) is 15.1. The summed E-state index contributed by atoms with van der Waals surface area (Å²) in [5.41, 5.74) is 1.89. The van der Waals surface area contributed by atoms with Crippen LogP contribution in [0.3, 0.4) is 0 Å². The molecule has 0 bridgehead atoms. The van der Waals surface area contributed by atoms with E-state index in [1.165, 1.54) is 0 Å². The van der Waals surface area contributed by atoms with Crippen LogP contribution in [-0.4, -0.2) is 64.2 Å². The van der Waals surface area contributed by atoms with Crippen LogP contribution in [-0.2, 0) is 26.5 Å². The number of carbonyl (C=O) groups excluding carboxylic acids is 2. The number of amides is 2. The van der Waals surface area contributed by atoms with E-state index in [2.05, 4.69) is 16.9 Å². The molecule has 2 amide bonds. The zero-order valence-corrected chi connectivity index (χ0v) is 26.6. The molecule has 3 aromatic rings. The fraction of sp³-hybridized carbons (Fsp3) is 0.455. The number of aromatic nitrogens is 3. The molecule has 10 nitrogen and oxygen atoms in total. The van der Waals surface area contributed by atoms with E-state index in [4.69, 9.17) is 4.74 Å². The van der Waals surface area contributed by atoms with E-state index in [1.54, 1.807) is 21.9 Å². The van der Waals surface area contributed by atoms with Crippen LogP contribution in [0.5, 0.6) is 0 Å². The first kappa shape index (κ1) is 30.4. The molecule has 2 aromatic carbocycles. The SMILES string of the molecule is C=CCN1C(=O)[C@]2(O[C@H](CCn3cc([C@H](O)c4ccccc4)nn3)[C@@H]([Si](C)(C)O)[C@@H]2C)c2cc(N3CCCCC3=O)ccc21. The Morgan fingerprint density at radius 3 is 2.66 bits per heavy atom. The number of piperidine rings is 1. The third kappa shape index (κ3) is 5.11. The lowest BCUT2D eigenvalue weighted by Crippen LogP contribution is -2.46. The van der Waals surface area contributed by atoms with E-state index in [1.807, 2.05) is 73.4 Å². The molecule has 0 unspecified atom stereocenters. The summed E-state index contributed by atoms with van der Waals surface area (Å²) in [5.74, 6) is -0.400. The lowest BCUT2D eigenvalue weighted by Gasteiger charge is -2.33. The number of aliphatic hydroxyl groups is 1. The summed E-state index contributed by atoms with van der Waals surface area (Å²) < 4.78 is 8.60. The highest BCUT2D eigenvalue weighted by molar-refractivity contribution is 6.71. The molecule has 1 spiro atoms. The van der Waals surface area contributed by atoms with Crippen molar-refractivity contribution in [3.63, 3.8) is 0 Å². The molecule has 11 heteroatoms. The van der Waals surface area contributed by atoms with Crippen molar-refractivity contribution in [1.82, 2.24) is 15.0 Å². The van der Waals surface area contributed by atoms with E-state index < -0.39 is 26.1 Å². The van der Waals surface area contributed by atoms with Crippen molar-refractivity contribution in [1.29, 1.82) is 0 Å². The van der Waals surface area contributed by atoms with E-state index in [0.29, 0.717) is 38.2 Å². The molecular formula is C33H41N5O5Si. The first-order chi connectivity index (χ1) is 21.1. The second-order valence-electron chi connectivity index (χ2n) is 12.8. The molecule has 2 N–H and O–H groups in total. The maximum Gasteiger partial charge on any atom is 0.264 e. The van der Waals surface area contributed by atoms with Gasteiger partial charge in [-0.15, -0.1) is 11.7 Å². The molecule has 6 rings (SSSR count). The molecule has 2 fully saturated rings. The largest absolute Gasteiger partial charge is 0.432 e. The van der Waals surface area contributed by atoms with Crippen LogP contribution in [0.2, 0.25) is 18.6 Å². The number of nitrogens with zero attached hydrogens (tertiary/aromatic N) is 5. The number of hydrogen-bond donors (Lipinski definition) is 2. The monoisotopic (exact) mass is 615 g/mol. The number of rotatable bonds is 9. The van der Waals surface area contributed by atoms with Gasteiger partial charge in [-0.25, -0.2) is 0 Å². The number of fused-ring (bicyclic) bond motifs is 2. The van der Waals surface area contributed by atoms with E-state index in [9.17, 15) is 19.5 Å². The Morgan fingerprint density at radius 1 is 1.18 bits per heavy atom.